The average Bonchev–Trinajstić information content (AvgIpc) is 2.74. The zero-order valence-electron chi connectivity index (χ0n) is 15.9. The quantitative estimate of drug-likeness (QED) is 0.408. The molecular formula is C19H16N4O7. The molecule has 11 heteroatoms. The van der Waals surface area contributed by atoms with Gasteiger partial charge in [0.2, 0.25) is 0 Å². The van der Waals surface area contributed by atoms with Crippen molar-refractivity contribution >= 4 is 34.9 Å². The SMILES string of the molecule is CCN1C(=O)COc2ccc(C(=O)CN3C(=O)COc4ccc([N+](=O)[O-])nc43)cc21. The second-order valence-corrected chi connectivity index (χ2v) is 6.55. The zero-order valence-corrected chi connectivity index (χ0v) is 15.9. The van der Waals surface area contributed by atoms with Crippen molar-refractivity contribution in [2.24, 2.45) is 0 Å². The van der Waals surface area contributed by atoms with Gasteiger partial charge in [0.1, 0.15) is 5.75 Å². The van der Waals surface area contributed by atoms with E-state index in [1.165, 1.54) is 23.1 Å². The summed E-state index contributed by atoms with van der Waals surface area (Å²) in [6.45, 7) is 1.45. The number of anilines is 2. The van der Waals surface area contributed by atoms with Crippen LogP contribution in [0, 0.1) is 10.1 Å². The number of ketones is 1. The molecule has 2 aliphatic heterocycles. The molecule has 11 nitrogen and oxygen atoms in total. The van der Waals surface area contributed by atoms with Gasteiger partial charge in [-0.25, -0.2) is 0 Å². The summed E-state index contributed by atoms with van der Waals surface area (Å²) < 4.78 is 10.6. The molecule has 0 bridgehead atoms. The summed E-state index contributed by atoms with van der Waals surface area (Å²) in [5, 5.41) is 11.0. The van der Waals surface area contributed by atoms with Crippen LogP contribution in [0.4, 0.5) is 17.3 Å². The first-order valence-corrected chi connectivity index (χ1v) is 9.08. The molecule has 0 fully saturated rings. The Hall–Kier alpha value is -4.02. The number of Topliss-reactive ketones (excluding diaryl/α,β-unsaturated/α-hetero) is 1. The van der Waals surface area contributed by atoms with E-state index in [-0.39, 0.29) is 42.8 Å². The van der Waals surface area contributed by atoms with Crippen LogP contribution in [-0.4, -0.2) is 53.8 Å². The van der Waals surface area contributed by atoms with E-state index in [4.69, 9.17) is 9.47 Å². The minimum atomic E-state index is -0.695. The first kappa shape index (κ1) is 19.3. The number of benzene rings is 1. The second kappa shape index (κ2) is 7.43. The summed E-state index contributed by atoms with van der Waals surface area (Å²) in [4.78, 5) is 54.1. The van der Waals surface area contributed by atoms with Crippen LogP contribution >= 0.6 is 0 Å². The number of hydrogen-bond acceptors (Lipinski definition) is 8. The lowest BCUT2D eigenvalue weighted by Gasteiger charge is -2.29. The van der Waals surface area contributed by atoms with Gasteiger partial charge in [-0.3, -0.25) is 19.3 Å². The van der Waals surface area contributed by atoms with Crippen molar-refractivity contribution in [1.82, 2.24) is 4.98 Å². The molecule has 2 aromatic rings. The van der Waals surface area contributed by atoms with Crippen molar-refractivity contribution in [3.8, 4) is 11.5 Å². The van der Waals surface area contributed by atoms with Crippen molar-refractivity contribution in [3.05, 3.63) is 46.0 Å². The smallest absolute Gasteiger partial charge is 0.366 e. The Balaban J connectivity index is 1.64. The van der Waals surface area contributed by atoms with Gasteiger partial charge in [-0.05, 0) is 41.1 Å². The third-order valence-corrected chi connectivity index (χ3v) is 4.76. The number of ether oxygens (including phenoxy) is 2. The summed E-state index contributed by atoms with van der Waals surface area (Å²) in [6, 6.07) is 7.16. The number of hydrogen-bond donors (Lipinski definition) is 0. The number of carbonyl (C=O) groups excluding carboxylic acids is 3. The maximum absolute atomic E-state index is 12.9. The molecule has 2 aliphatic rings. The molecule has 4 rings (SSSR count). The second-order valence-electron chi connectivity index (χ2n) is 6.55. The normalized spacial score (nSPS) is 15.1. The Morgan fingerprint density at radius 1 is 1.10 bits per heavy atom. The lowest BCUT2D eigenvalue weighted by molar-refractivity contribution is -0.389. The number of carbonyl (C=O) groups is 3. The molecule has 0 aliphatic carbocycles. The van der Waals surface area contributed by atoms with Gasteiger partial charge >= 0.3 is 5.82 Å². The highest BCUT2D eigenvalue weighted by atomic mass is 16.6. The Kier molecular flexibility index (Phi) is 4.78. The van der Waals surface area contributed by atoms with E-state index in [2.05, 4.69) is 4.98 Å². The maximum atomic E-state index is 12.9. The highest BCUT2D eigenvalue weighted by Crippen LogP contribution is 2.34. The third-order valence-electron chi connectivity index (χ3n) is 4.76. The monoisotopic (exact) mass is 412 g/mol. The molecule has 0 saturated carbocycles. The topological polar surface area (TPSA) is 132 Å². The van der Waals surface area contributed by atoms with Crippen molar-refractivity contribution in [3.63, 3.8) is 0 Å². The van der Waals surface area contributed by atoms with E-state index in [0.29, 0.717) is 18.0 Å². The zero-order chi connectivity index (χ0) is 21.4. The van der Waals surface area contributed by atoms with Crippen molar-refractivity contribution in [2.45, 2.75) is 6.92 Å². The predicted molar refractivity (Wildman–Crippen MR) is 103 cm³/mol. The van der Waals surface area contributed by atoms with E-state index in [1.54, 1.807) is 6.07 Å². The first-order valence-electron chi connectivity index (χ1n) is 9.08. The van der Waals surface area contributed by atoms with Crippen LogP contribution in [0.25, 0.3) is 0 Å². The number of fused-ring (bicyclic) bond motifs is 2. The van der Waals surface area contributed by atoms with Crippen LogP contribution in [0.2, 0.25) is 0 Å². The summed E-state index contributed by atoms with van der Waals surface area (Å²) in [5.41, 5.74) is 0.735. The van der Waals surface area contributed by atoms with Gasteiger partial charge in [0.05, 0.1) is 12.2 Å². The molecule has 1 aromatic carbocycles. The van der Waals surface area contributed by atoms with E-state index in [1.807, 2.05) is 6.92 Å². The lowest BCUT2D eigenvalue weighted by Crippen LogP contribution is -2.42. The molecule has 0 radical (unpaired) electrons. The lowest BCUT2D eigenvalue weighted by atomic mass is 10.1. The Morgan fingerprint density at radius 3 is 2.47 bits per heavy atom. The number of amides is 2. The number of rotatable bonds is 5. The van der Waals surface area contributed by atoms with Gasteiger partial charge in [-0.15, -0.1) is 0 Å². The molecule has 0 saturated heterocycles. The van der Waals surface area contributed by atoms with Gasteiger partial charge in [0, 0.05) is 18.2 Å². The van der Waals surface area contributed by atoms with Crippen LogP contribution in [0.1, 0.15) is 17.3 Å². The number of likely N-dealkylation sites (N-methyl/N-ethyl adjacent to an activating group) is 1. The minimum absolute atomic E-state index is 0.0718. The molecule has 0 atom stereocenters. The van der Waals surface area contributed by atoms with Gasteiger partial charge in [0.15, 0.2) is 24.7 Å². The molecule has 154 valence electrons. The van der Waals surface area contributed by atoms with Crippen LogP contribution in [0.5, 0.6) is 11.5 Å². The maximum Gasteiger partial charge on any atom is 0.366 e. The van der Waals surface area contributed by atoms with Crippen molar-refractivity contribution in [2.75, 3.05) is 36.1 Å². The summed E-state index contributed by atoms with van der Waals surface area (Å²) >= 11 is 0. The highest BCUT2D eigenvalue weighted by molar-refractivity contribution is 6.08. The van der Waals surface area contributed by atoms with E-state index >= 15 is 0 Å². The number of pyridine rings is 1. The predicted octanol–water partition coefficient (Wildman–Crippen LogP) is 1.34. The molecule has 0 unspecified atom stereocenters. The number of nitrogens with zero attached hydrogens (tertiary/aromatic N) is 4. The van der Waals surface area contributed by atoms with Crippen LogP contribution in [-0.2, 0) is 9.59 Å². The van der Waals surface area contributed by atoms with E-state index in [9.17, 15) is 24.5 Å². The minimum Gasteiger partial charge on any atom is -0.482 e. The van der Waals surface area contributed by atoms with Gasteiger partial charge in [-0.1, -0.05) is 0 Å². The molecule has 30 heavy (non-hydrogen) atoms. The standard InChI is InChI=1S/C19H16N4O7/c1-2-21-12-7-11(3-4-14(12)29-9-17(21)25)13(24)8-22-18(26)10-30-15-5-6-16(23(27)28)20-19(15)22/h3-7H,2,8-10H2,1H3. The molecule has 2 amide bonds. The Bertz CT molecular complexity index is 1080. The Morgan fingerprint density at radius 2 is 1.77 bits per heavy atom. The fourth-order valence-corrected chi connectivity index (χ4v) is 3.29. The third kappa shape index (κ3) is 3.30. The van der Waals surface area contributed by atoms with E-state index in [0.717, 1.165) is 11.0 Å². The van der Waals surface area contributed by atoms with Crippen molar-refractivity contribution in [1.29, 1.82) is 0 Å². The van der Waals surface area contributed by atoms with Gasteiger partial charge in [-0.2, -0.15) is 0 Å². The van der Waals surface area contributed by atoms with Crippen molar-refractivity contribution < 1.29 is 28.8 Å². The van der Waals surface area contributed by atoms with Crippen LogP contribution in [0.3, 0.4) is 0 Å². The molecule has 3 heterocycles. The summed E-state index contributed by atoms with van der Waals surface area (Å²) in [7, 11) is 0. The van der Waals surface area contributed by atoms with Crippen LogP contribution < -0.4 is 19.3 Å². The largest absolute Gasteiger partial charge is 0.482 e. The molecular weight excluding hydrogens is 396 g/mol. The fraction of sp³-hybridized carbons (Fsp3) is 0.263. The van der Waals surface area contributed by atoms with Gasteiger partial charge in [0.25, 0.3) is 17.6 Å². The fourth-order valence-electron chi connectivity index (χ4n) is 3.29. The van der Waals surface area contributed by atoms with Gasteiger partial charge < -0.3 is 24.5 Å². The Labute approximate surface area is 170 Å². The first-order chi connectivity index (χ1) is 14.4. The molecule has 1 aromatic heterocycles. The highest BCUT2D eigenvalue weighted by Gasteiger charge is 2.34. The summed E-state index contributed by atoms with van der Waals surface area (Å²) in [6.07, 6.45) is 0. The average molecular weight is 412 g/mol. The molecule has 0 N–H and O–H groups in total. The molecule has 0 spiro atoms. The van der Waals surface area contributed by atoms with Crippen LogP contribution in [0.15, 0.2) is 30.3 Å². The number of nitro groups is 1. The van der Waals surface area contributed by atoms with E-state index < -0.39 is 22.4 Å². The number of aromatic nitrogens is 1. The summed E-state index contributed by atoms with van der Waals surface area (Å²) in [5.74, 6) is -1.08.